The molecule has 1 rings (SSSR count). The van der Waals surface area contributed by atoms with Crippen molar-refractivity contribution in [3.63, 3.8) is 0 Å². The maximum Gasteiger partial charge on any atom is 0.0473 e. The van der Waals surface area contributed by atoms with Gasteiger partial charge < -0.3 is 6.92 Å². The quantitative estimate of drug-likeness (QED) is 0.656. The number of hydrogen-bond acceptors (Lipinski definition) is 1. The smallest absolute Gasteiger partial charge is 0.0473 e. The molecule has 0 saturated carbocycles. The van der Waals surface area contributed by atoms with Gasteiger partial charge in [-0.25, -0.2) is 0 Å². The first-order chi connectivity index (χ1) is 6.04. The largest absolute Gasteiger partial charge is 0.335 e. The molecule has 0 bridgehead atoms. The van der Waals surface area contributed by atoms with Crippen LogP contribution in [0, 0.1) is 6.92 Å². The molecule has 0 spiro atoms. The van der Waals surface area contributed by atoms with Crippen LogP contribution in [-0.4, -0.2) is 4.98 Å². The highest BCUT2D eigenvalue weighted by Crippen LogP contribution is 2.29. The molecule has 1 aromatic rings. The van der Waals surface area contributed by atoms with Crippen molar-refractivity contribution in [1.82, 2.24) is 4.98 Å². The molecule has 1 heterocycles. The molecule has 1 atom stereocenters. The lowest BCUT2D eigenvalue weighted by molar-refractivity contribution is 0.793. The van der Waals surface area contributed by atoms with E-state index < -0.39 is 0 Å². The van der Waals surface area contributed by atoms with Crippen LogP contribution >= 0.6 is 11.6 Å². The Morgan fingerprint density at radius 1 is 1.38 bits per heavy atom. The van der Waals surface area contributed by atoms with Crippen LogP contribution in [0.2, 0.25) is 5.02 Å². The maximum absolute atomic E-state index is 6.10. The lowest BCUT2D eigenvalue weighted by atomic mass is 9.95. The molecular weight excluding hydrogens is 182 g/mol. The molecule has 0 amide bonds. The van der Waals surface area contributed by atoms with E-state index in [2.05, 4.69) is 25.8 Å². The molecule has 2 heteroatoms. The second-order valence-corrected chi connectivity index (χ2v) is 4.05. The fourth-order valence-electron chi connectivity index (χ4n) is 1.43. The highest BCUT2D eigenvalue weighted by atomic mass is 35.5. The van der Waals surface area contributed by atoms with Gasteiger partial charge in [0.2, 0.25) is 0 Å². The van der Waals surface area contributed by atoms with Crippen LogP contribution in [0.4, 0.5) is 0 Å². The monoisotopic (exact) mass is 196 g/mol. The van der Waals surface area contributed by atoms with Crippen LogP contribution in [0.5, 0.6) is 0 Å². The van der Waals surface area contributed by atoms with Crippen molar-refractivity contribution in [1.29, 1.82) is 0 Å². The standard InChI is InChI=1S/C11H15ClN/c1-7(2)10-9(12)5-6-13-11(10)8(3)4/h5-8H,3H2,1-2,4H3/q-1. The molecule has 1 aromatic heterocycles. The van der Waals surface area contributed by atoms with Crippen molar-refractivity contribution >= 4 is 11.6 Å². The first-order valence-electron chi connectivity index (χ1n) is 4.51. The van der Waals surface area contributed by atoms with Gasteiger partial charge in [-0.15, -0.1) is 5.92 Å². The first kappa shape index (κ1) is 10.5. The van der Waals surface area contributed by atoms with Crippen molar-refractivity contribution < 1.29 is 0 Å². The molecule has 72 valence electrons. The third-order valence-electron chi connectivity index (χ3n) is 2.01. The molecule has 1 nitrogen and oxygen atoms in total. The minimum atomic E-state index is 0.191. The number of nitrogens with zero attached hydrogens (tertiary/aromatic N) is 1. The molecule has 0 radical (unpaired) electrons. The van der Waals surface area contributed by atoms with Gasteiger partial charge in [0, 0.05) is 16.9 Å². The van der Waals surface area contributed by atoms with Crippen molar-refractivity contribution in [2.45, 2.75) is 32.6 Å². The van der Waals surface area contributed by atoms with Gasteiger partial charge in [-0.2, -0.15) is 0 Å². The van der Waals surface area contributed by atoms with Crippen molar-refractivity contribution in [3.8, 4) is 0 Å². The molecule has 0 N–H and O–H groups in total. The Balaban J connectivity index is 3.26. The van der Waals surface area contributed by atoms with Crippen LogP contribution < -0.4 is 0 Å². The highest BCUT2D eigenvalue weighted by Gasteiger charge is 2.11. The lowest BCUT2D eigenvalue weighted by Gasteiger charge is -2.19. The zero-order chi connectivity index (χ0) is 10.0. The zero-order valence-corrected chi connectivity index (χ0v) is 9.10. The molecule has 13 heavy (non-hydrogen) atoms. The predicted molar refractivity (Wildman–Crippen MR) is 57.1 cm³/mol. The molecule has 0 saturated heterocycles. The van der Waals surface area contributed by atoms with Gasteiger partial charge in [-0.1, -0.05) is 32.4 Å². The summed E-state index contributed by atoms with van der Waals surface area (Å²) in [6.45, 7) is 10.2. The first-order valence-corrected chi connectivity index (χ1v) is 4.89. The van der Waals surface area contributed by atoms with Crippen molar-refractivity contribution in [3.05, 3.63) is 35.5 Å². The summed E-state index contributed by atoms with van der Waals surface area (Å²) in [5.74, 6) is 0.594. The summed E-state index contributed by atoms with van der Waals surface area (Å²) in [6.07, 6.45) is 1.74. The van der Waals surface area contributed by atoms with Gasteiger partial charge in [-0.3, -0.25) is 4.98 Å². The normalized spacial score (nSPS) is 13.4. The zero-order valence-electron chi connectivity index (χ0n) is 8.34. The Kier molecular flexibility index (Phi) is 3.32. The van der Waals surface area contributed by atoms with E-state index in [-0.39, 0.29) is 5.92 Å². The van der Waals surface area contributed by atoms with E-state index in [1.165, 1.54) is 0 Å². The Bertz CT molecular complexity index is 292. The van der Waals surface area contributed by atoms with Crippen LogP contribution in [0.25, 0.3) is 0 Å². The summed E-state index contributed by atoms with van der Waals surface area (Å²) in [5.41, 5.74) is 2.15. The fourth-order valence-corrected chi connectivity index (χ4v) is 1.80. The van der Waals surface area contributed by atoms with E-state index >= 15 is 0 Å². The Morgan fingerprint density at radius 2 is 2.00 bits per heavy atom. The summed E-state index contributed by atoms with van der Waals surface area (Å²) in [7, 11) is 0. The fraction of sp³-hybridized carbons (Fsp3) is 0.455. The topological polar surface area (TPSA) is 12.9 Å². The van der Waals surface area contributed by atoms with Crippen LogP contribution in [0.3, 0.4) is 0 Å². The van der Waals surface area contributed by atoms with Gasteiger partial charge in [0.05, 0.1) is 0 Å². The van der Waals surface area contributed by atoms with E-state index in [9.17, 15) is 0 Å². The minimum Gasteiger partial charge on any atom is -0.335 e. The van der Waals surface area contributed by atoms with Gasteiger partial charge >= 0.3 is 0 Å². The molecule has 0 aliphatic rings. The Hall–Kier alpha value is -0.560. The number of aromatic nitrogens is 1. The third kappa shape index (κ3) is 2.22. The molecule has 0 aromatic carbocycles. The Labute approximate surface area is 85.1 Å². The van der Waals surface area contributed by atoms with Gasteiger partial charge in [0.1, 0.15) is 0 Å². The summed E-state index contributed by atoms with van der Waals surface area (Å²) in [6, 6.07) is 1.84. The molecule has 0 aliphatic heterocycles. The van der Waals surface area contributed by atoms with Gasteiger partial charge in [-0.05, 0) is 17.5 Å². The lowest BCUT2D eigenvalue weighted by Crippen LogP contribution is -2.02. The number of pyridine rings is 1. The average Bonchev–Trinajstić information content (AvgIpc) is 2.02. The second-order valence-electron chi connectivity index (χ2n) is 3.65. The molecular formula is C11H15ClN-. The molecule has 1 unspecified atom stereocenters. The second kappa shape index (κ2) is 4.10. The summed E-state index contributed by atoms with van der Waals surface area (Å²) < 4.78 is 0. The predicted octanol–water partition coefficient (Wildman–Crippen LogP) is 3.80. The molecule has 0 fully saturated rings. The van der Waals surface area contributed by atoms with Gasteiger partial charge in [0.25, 0.3) is 0 Å². The van der Waals surface area contributed by atoms with E-state index in [1.807, 2.05) is 13.0 Å². The van der Waals surface area contributed by atoms with Crippen LogP contribution in [-0.2, 0) is 0 Å². The van der Waals surface area contributed by atoms with E-state index in [1.54, 1.807) is 6.20 Å². The number of rotatable bonds is 2. The summed E-state index contributed by atoms with van der Waals surface area (Å²) >= 11 is 6.10. The molecule has 0 aliphatic carbocycles. The minimum absolute atomic E-state index is 0.191. The van der Waals surface area contributed by atoms with E-state index in [0.717, 1.165) is 16.3 Å². The maximum atomic E-state index is 6.10. The van der Waals surface area contributed by atoms with E-state index in [4.69, 9.17) is 11.6 Å². The Morgan fingerprint density at radius 3 is 2.38 bits per heavy atom. The van der Waals surface area contributed by atoms with E-state index in [0.29, 0.717) is 5.92 Å². The average molecular weight is 197 g/mol. The van der Waals surface area contributed by atoms with Crippen molar-refractivity contribution in [2.24, 2.45) is 0 Å². The summed E-state index contributed by atoms with van der Waals surface area (Å²) in [4.78, 5) is 4.31. The van der Waals surface area contributed by atoms with Crippen molar-refractivity contribution in [2.75, 3.05) is 0 Å². The SMILES string of the molecule is [CH2-]C(C)c1nccc(Cl)c1C(C)C. The third-order valence-corrected chi connectivity index (χ3v) is 2.34. The van der Waals surface area contributed by atoms with Gasteiger partial charge in [0.15, 0.2) is 0 Å². The highest BCUT2D eigenvalue weighted by molar-refractivity contribution is 6.31. The van der Waals surface area contributed by atoms with Crippen LogP contribution in [0.1, 0.15) is 43.9 Å². The number of halogens is 1. The number of hydrogen-bond donors (Lipinski definition) is 0. The summed E-state index contributed by atoms with van der Waals surface area (Å²) in [5, 5.41) is 0.801. The van der Waals surface area contributed by atoms with Crippen LogP contribution in [0.15, 0.2) is 12.3 Å².